The topological polar surface area (TPSA) is 66.4 Å². The van der Waals surface area contributed by atoms with Crippen LogP contribution in [0.15, 0.2) is 18.2 Å². The number of carbonyl (C=O) groups is 2. The summed E-state index contributed by atoms with van der Waals surface area (Å²) in [6.45, 7) is 0.326. The second-order valence-electron chi connectivity index (χ2n) is 4.27. The fraction of sp³-hybridized carbons (Fsp3) is 0.333. The zero-order valence-corrected chi connectivity index (χ0v) is 9.32. The molecule has 1 fully saturated rings. The van der Waals surface area contributed by atoms with E-state index in [-0.39, 0.29) is 12.3 Å². The summed E-state index contributed by atoms with van der Waals surface area (Å²) >= 11 is 0. The Bertz CT molecular complexity index is 484. The van der Waals surface area contributed by atoms with Crippen molar-refractivity contribution >= 4 is 11.8 Å². The van der Waals surface area contributed by atoms with E-state index in [1.54, 1.807) is 0 Å². The Morgan fingerprint density at radius 1 is 1.22 bits per heavy atom. The van der Waals surface area contributed by atoms with Crippen LogP contribution in [0.3, 0.4) is 0 Å². The minimum absolute atomic E-state index is 0.230. The molecule has 2 atom stereocenters. The first kappa shape index (κ1) is 12.6. The van der Waals surface area contributed by atoms with Crippen LogP contribution in [0.5, 0.6) is 0 Å². The Kier molecular flexibility index (Phi) is 3.38. The van der Waals surface area contributed by atoms with Crippen LogP contribution < -0.4 is 5.32 Å². The average Bonchev–Trinajstić information content (AvgIpc) is 2.75. The lowest BCUT2D eigenvalue weighted by molar-refractivity contribution is -0.149. The average molecular weight is 255 g/mol. The Balaban J connectivity index is 2.13. The molecule has 0 radical (unpaired) electrons. The van der Waals surface area contributed by atoms with E-state index in [1.165, 1.54) is 12.1 Å². The van der Waals surface area contributed by atoms with Gasteiger partial charge in [0.2, 0.25) is 0 Å². The summed E-state index contributed by atoms with van der Waals surface area (Å²) in [5, 5.41) is 11.3. The minimum atomic E-state index is -1.50. The van der Waals surface area contributed by atoms with Crippen molar-refractivity contribution in [3.8, 4) is 0 Å². The SMILES string of the molecule is O=C(O)C(=O)C1C[C@@H](c2cc(F)cc(F)c2)CN1. The van der Waals surface area contributed by atoms with Gasteiger partial charge in [0, 0.05) is 12.6 Å². The van der Waals surface area contributed by atoms with Gasteiger partial charge in [-0.05, 0) is 30.0 Å². The van der Waals surface area contributed by atoms with Crippen molar-refractivity contribution in [2.45, 2.75) is 18.4 Å². The van der Waals surface area contributed by atoms with Crippen LogP contribution in [0.1, 0.15) is 17.9 Å². The number of nitrogens with one attached hydrogen (secondary N) is 1. The molecular weight excluding hydrogens is 244 g/mol. The highest BCUT2D eigenvalue weighted by Crippen LogP contribution is 2.27. The van der Waals surface area contributed by atoms with Gasteiger partial charge in [-0.15, -0.1) is 0 Å². The Labute approximate surface area is 102 Å². The standard InChI is InChI=1S/C12H11F2NO3/c13-8-1-6(2-9(14)4-8)7-3-10(15-5-7)11(16)12(17)18/h1-2,4,7,10,15H,3,5H2,(H,17,18)/t7-,10?/m1/s1. The number of aliphatic carboxylic acids is 1. The number of hydrogen-bond donors (Lipinski definition) is 2. The quantitative estimate of drug-likeness (QED) is 0.793. The number of benzene rings is 1. The molecule has 2 N–H and O–H groups in total. The van der Waals surface area contributed by atoms with E-state index in [2.05, 4.69) is 5.32 Å². The zero-order valence-electron chi connectivity index (χ0n) is 9.32. The van der Waals surface area contributed by atoms with Crippen LogP contribution in [0, 0.1) is 11.6 Å². The monoisotopic (exact) mass is 255 g/mol. The van der Waals surface area contributed by atoms with Gasteiger partial charge in [-0.2, -0.15) is 0 Å². The summed E-state index contributed by atoms with van der Waals surface area (Å²) in [5.74, 6) is -4.05. The van der Waals surface area contributed by atoms with Crippen LogP contribution in [-0.4, -0.2) is 29.4 Å². The first-order valence-corrected chi connectivity index (χ1v) is 5.44. The molecule has 0 amide bonds. The summed E-state index contributed by atoms with van der Waals surface area (Å²) in [6, 6.07) is 2.37. The van der Waals surface area contributed by atoms with Crippen molar-refractivity contribution in [2.75, 3.05) is 6.54 Å². The Morgan fingerprint density at radius 2 is 1.83 bits per heavy atom. The van der Waals surface area contributed by atoms with Crippen LogP contribution in [-0.2, 0) is 9.59 Å². The number of hydrogen-bond acceptors (Lipinski definition) is 3. The molecule has 4 nitrogen and oxygen atoms in total. The fourth-order valence-electron chi connectivity index (χ4n) is 2.15. The summed E-state index contributed by atoms with van der Waals surface area (Å²) < 4.78 is 26.1. The molecule has 2 rings (SSSR count). The van der Waals surface area contributed by atoms with Gasteiger partial charge in [-0.1, -0.05) is 0 Å². The van der Waals surface area contributed by atoms with Crippen molar-refractivity contribution < 1.29 is 23.5 Å². The molecule has 0 saturated carbocycles. The smallest absolute Gasteiger partial charge is 0.373 e. The molecule has 1 aliphatic rings. The third-order valence-corrected chi connectivity index (χ3v) is 3.01. The minimum Gasteiger partial charge on any atom is -0.475 e. The van der Waals surface area contributed by atoms with E-state index < -0.39 is 29.4 Å². The number of Topliss-reactive ketones (excluding diaryl/α,β-unsaturated/α-hetero) is 1. The molecule has 1 unspecified atom stereocenters. The maximum absolute atomic E-state index is 13.0. The molecule has 0 aliphatic carbocycles. The number of rotatable bonds is 3. The highest BCUT2D eigenvalue weighted by Gasteiger charge is 2.33. The number of ketones is 1. The molecule has 6 heteroatoms. The predicted octanol–water partition coefficient (Wildman–Crippen LogP) is 1.06. The number of halogens is 2. The van der Waals surface area contributed by atoms with Gasteiger partial charge < -0.3 is 10.4 Å². The maximum Gasteiger partial charge on any atom is 0.373 e. The van der Waals surface area contributed by atoms with Crippen molar-refractivity contribution in [1.82, 2.24) is 5.32 Å². The Hall–Kier alpha value is -1.82. The summed E-state index contributed by atoms with van der Waals surface area (Å²) in [4.78, 5) is 21.8. The van der Waals surface area contributed by atoms with Crippen molar-refractivity contribution in [3.63, 3.8) is 0 Å². The Morgan fingerprint density at radius 3 is 2.39 bits per heavy atom. The summed E-state index contributed by atoms with van der Waals surface area (Å²) in [7, 11) is 0. The summed E-state index contributed by atoms with van der Waals surface area (Å²) in [5.41, 5.74) is 0.431. The van der Waals surface area contributed by atoms with Crippen LogP contribution in [0.4, 0.5) is 8.78 Å². The van der Waals surface area contributed by atoms with E-state index in [4.69, 9.17) is 5.11 Å². The van der Waals surface area contributed by atoms with E-state index in [9.17, 15) is 18.4 Å². The molecule has 1 aliphatic heterocycles. The van der Waals surface area contributed by atoms with E-state index in [0.29, 0.717) is 12.1 Å². The molecule has 0 aromatic heterocycles. The molecule has 1 aromatic carbocycles. The van der Waals surface area contributed by atoms with Gasteiger partial charge >= 0.3 is 5.97 Å². The predicted molar refractivity (Wildman–Crippen MR) is 58.1 cm³/mol. The van der Waals surface area contributed by atoms with E-state index >= 15 is 0 Å². The first-order chi connectivity index (χ1) is 8.47. The molecule has 1 aromatic rings. The van der Waals surface area contributed by atoms with Gasteiger partial charge in [0.25, 0.3) is 5.78 Å². The number of carbonyl (C=O) groups excluding carboxylic acids is 1. The number of carboxylic acids is 1. The normalized spacial score (nSPS) is 23.0. The lowest BCUT2D eigenvalue weighted by Crippen LogP contribution is -2.35. The molecule has 18 heavy (non-hydrogen) atoms. The molecule has 1 saturated heterocycles. The van der Waals surface area contributed by atoms with E-state index in [0.717, 1.165) is 6.07 Å². The molecular formula is C12H11F2NO3. The molecule has 0 spiro atoms. The second kappa shape index (κ2) is 4.81. The van der Waals surface area contributed by atoms with Gasteiger partial charge in [0.05, 0.1) is 6.04 Å². The first-order valence-electron chi connectivity index (χ1n) is 5.44. The molecule has 0 bridgehead atoms. The largest absolute Gasteiger partial charge is 0.475 e. The van der Waals surface area contributed by atoms with Gasteiger partial charge in [-0.3, -0.25) is 4.79 Å². The van der Waals surface area contributed by atoms with Crippen LogP contribution in [0.25, 0.3) is 0 Å². The van der Waals surface area contributed by atoms with Crippen molar-refractivity contribution in [1.29, 1.82) is 0 Å². The number of carboxylic acid groups (broad SMARTS) is 1. The third kappa shape index (κ3) is 2.53. The van der Waals surface area contributed by atoms with Gasteiger partial charge in [0.1, 0.15) is 11.6 Å². The third-order valence-electron chi connectivity index (χ3n) is 3.01. The fourth-order valence-corrected chi connectivity index (χ4v) is 2.15. The van der Waals surface area contributed by atoms with Gasteiger partial charge in [-0.25, -0.2) is 13.6 Å². The van der Waals surface area contributed by atoms with Crippen molar-refractivity contribution in [3.05, 3.63) is 35.4 Å². The van der Waals surface area contributed by atoms with Gasteiger partial charge in [0.15, 0.2) is 0 Å². The van der Waals surface area contributed by atoms with Crippen LogP contribution in [0.2, 0.25) is 0 Å². The summed E-state index contributed by atoms with van der Waals surface area (Å²) in [6.07, 6.45) is 0.230. The lowest BCUT2D eigenvalue weighted by Gasteiger charge is -2.09. The van der Waals surface area contributed by atoms with Crippen molar-refractivity contribution in [2.24, 2.45) is 0 Å². The molecule has 96 valence electrons. The zero-order chi connectivity index (χ0) is 13.3. The highest BCUT2D eigenvalue weighted by molar-refractivity contribution is 6.34. The van der Waals surface area contributed by atoms with Crippen LogP contribution >= 0.6 is 0 Å². The second-order valence-corrected chi connectivity index (χ2v) is 4.27. The molecule has 1 heterocycles. The maximum atomic E-state index is 13.0. The highest BCUT2D eigenvalue weighted by atomic mass is 19.1. The van der Waals surface area contributed by atoms with E-state index in [1.807, 2.05) is 0 Å². The lowest BCUT2D eigenvalue weighted by atomic mass is 9.95.